The Kier molecular flexibility index (Phi) is 8.40. The van der Waals surface area contributed by atoms with Crippen LogP contribution in [0.5, 0.6) is 5.75 Å². The van der Waals surface area contributed by atoms with E-state index in [2.05, 4.69) is 71.4 Å². The van der Waals surface area contributed by atoms with Crippen LogP contribution in [0, 0.1) is 18.8 Å². The van der Waals surface area contributed by atoms with Crippen molar-refractivity contribution in [3.8, 4) is 5.75 Å². The van der Waals surface area contributed by atoms with Crippen molar-refractivity contribution < 1.29 is 4.74 Å². The summed E-state index contributed by atoms with van der Waals surface area (Å²) in [5, 5.41) is 7.05. The zero-order valence-electron chi connectivity index (χ0n) is 19.6. The van der Waals surface area contributed by atoms with Crippen LogP contribution < -0.4 is 15.4 Å². The maximum Gasteiger partial charge on any atom is 0.191 e. The molecule has 3 rings (SSSR count). The number of aryl methyl sites for hydroxylation is 1. The molecule has 2 aliphatic rings. The maximum absolute atomic E-state index is 6.11. The molecule has 1 aromatic rings. The molecule has 168 valence electrons. The molecule has 6 heteroatoms. The van der Waals surface area contributed by atoms with Gasteiger partial charge >= 0.3 is 0 Å². The van der Waals surface area contributed by atoms with E-state index >= 15 is 0 Å². The Morgan fingerprint density at radius 1 is 1.17 bits per heavy atom. The largest absolute Gasteiger partial charge is 0.493 e. The third-order valence-electron chi connectivity index (χ3n) is 6.32. The molecule has 2 fully saturated rings. The number of hydrogen-bond acceptors (Lipinski definition) is 4. The predicted octanol–water partition coefficient (Wildman–Crippen LogP) is 2.72. The fourth-order valence-electron chi connectivity index (χ4n) is 3.98. The lowest BCUT2D eigenvalue weighted by Crippen LogP contribution is -2.55. The second-order valence-electron chi connectivity index (χ2n) is 9.32. The highest BCUT2D eigenvalue weighted by atomic mass is 16.5. The van der Waals surface area contributed by atoms with Crippen LogP contribution in [0.4, 0.5) is 0 Å². The average Bonchev–Trinajstić information content (AvgIpc) is 3.55. The van der Waals surface area contributed by atoms with Gasteiger partial charge in [-0.25, -0.2) is 0 Å². The first-order chi connectivity index (χ1) is 14.5. The molecule has 30 heavy (non-hydrogen) atoms. The lowest BCUT2D eigenvalue weighted by atomic mass is 10.0. The van der Waals surface area contributed by atoms with E-state index in [1.807, 2.05) is 7.05 Å². The van der Waals surface area contributed by atoms with Crippen LogP contribution in [0.3, 0.4) is 0 Å². The summed E-state index contributed by atoms with van der Waals surface area (Å²) in [6.45, 7) is 13.8. The van der Waals surface area contributed by atoms with Crippen molar-refractivity contribution in [2.75, 3.05) is 53.4 Å². The zero-order valence-corrected chi connectivity index (χ0v) is 19.6. The molecule has 1 aliphatic heterocycles. The highest BCUT2D eigenvalue weighted by molar-refractivity contribution is 5.79. The Bertz CT molecular complexity index is 693. The van der Waals surface area contributed by atoms with Gasteiger partial charge in [-0.05, 0) is 50.3 Å². The van der Waals surface area contributed by atoms with E-state index in [9.17, 15) is 0 Å². The van der Waals surface area contributed by atoms with E-state index in [0.29, 0.717) is 18.5 Å². The topological polar surface area (TPSA) is 52.1 Å². The molecular formula is C24H41N5O. The van der Waals surface area contributed by atoms with E-state index in [1.54, 1.807) is 0 Å². The van der Waals surface area contributed by atoms with Gasteiger partial charge in [-0.15, -0.1) is 0 Å². The van der Waals surface area contributed by atoms with E-state index in [1.165, 1.54) is 24.0 Å². The van der Waals surface area contributed by atoms with Crippen molar-refractivity contribution in [2.24, 2.45) is 16.8 Å². The van der Waals surface area contributed by atoms with Crippen LogP contribution >= 0.6 is 0 Å². The molecule has 0 aromatic heterocycles. The first kappa shape index (κ1) is 22.9. The molecule has 2 N–H and O–H groups in total. The van der Waals surface area contributed by atoms with Gasteiger partial charge < -0.3 is 20.3 Å². The summed E-state index contributed by atoms with van der Waals surface area (Å²) in [7, 11) is 4.05. The molecule has 0 radical (unpaired) electrons. The molecule has 1 aromatic carbocycles. The predicted molar refractivity (Wildman–Crippen MR) is 125 cm³/mol. The monoisotopic (exact) mass is 415 g/mol. The summed E-state index contributed by atoms with van der Waals surface area (Å²) in [6, 6.07) is 6.98. The molecule has 1 saturated carbocycles. The van der Waals surface area contributed by atoms with Crippen molar-refractivity contribution in [3.05, 3.63) is 29.3 Å². The number of guanidine groups is 1. The van der Waals surface area contributed by atoms with Crippen LogP contribution in [-0.4, -0.2) is 75.2 Å². The number of rotatable bonds is 9. The molecule has 0 spiro atoms. The van der Waals surface area contributed by atoms with Crippen LogP contribution in [0.1, 0.15) is 37.8 Å². The smallest absolute Gasteiger partial charge is 0.191 e. The fourth-order valence-corrected chi connectivity index (χ4v) is 3.98. The fraction of sp³-hybridized carbons (Fsp3) is 0.708. The van der Waals surface area contributed by atoms with Gasteiger partial charge in [-0.1, -0.05) is 26.0 Å². The minimum absolute atomic E-state index is 0.508. The Balaban J connectivity index is 1.52. The molecular weight excluding hydrogens is 374 g/mol. The molecule has 1 aliphatic carbocycles. The lowest BCUT2D eigenvalue weighted by Gasteiger charge is -2.40. The Labute approximate surface area is 183 Å². The molecule has 6 nitrogen and oxygen atoms in total. The molecule has 0 bridgehead atoms. The molecule has 1 saturated heterocycles. The van der Waals surface area contributed by atoms with E-state index in [-0.39, 0.29) is 0 Å². The Morgan fingerprint density at radius 3 is 2.53 bits per heavy atom. The molecule has 1 heterocycles. The van der Waals surface area contributed by atoms with Crippen molar-refractivity contribution in [1.29, 1.82) is 0 Å². The summed E-state index contributed by atoms with van der Waals surface area (Å²) in [6.07, 6.45) is 2.61. The van der Waals surface area contributed by atoms with Gasteiger partial charge in [-0.2, -0.15) is 0 Å². The zero-order chi connectivity index (χ0) is 21.5. The number of hydrogen-bond donors (Lipinski definition) is 2. The Morgan fingerprint density at radius 2 is 1.90 bits per heavy atom. The minimum Gasteiger partial charge on any atom is -0.493 e. The van der Waals surface area contributed by atoms with Crippen LogP contribution in [0.15, 0.2) is 23.2 Å². The number of piperazine rings is 1. The SMILES string of the molecule is CN=C(NCc1ccc(C)cc1OCC1CC1)NCC(C(C)C)N1CCN(C)CC1. The standard InChI is InChI=1S/C24H41N5O/c1-18(2)22(29-12-10-28(5)11-13-29)16-27-24(25-4)26-15-21-9-6-19(3)14-23(21)30-17-20-7-8-20/h6,9,14,18,20,22H,7-8,10-13,15-17H2,1-5H3,(H2,25,26,27). The van der Waals surface area contributed by atoms with Crippen molar-refractivity contribution in [1.82, 2.24) is 20.4 Å². The van der Waals surface area contributed by atoms with Gasteiger partial charge in [0.1, 0.15) is 5.75 Å². The summed E-state index contributed by atoms with van der Waals surface area (Å²) >= 11 is 0. The first-order valence-electron chi connectivity index (χ1n) is 11.6. The van der Waals surface area contributed by atoms with Gasteiger partial charge in [0.2, 0.25) is 0 Å². The summed E-state index contributed by atoms with van der Waals surface area (Å²) in [5.41, 5.74) is 2.42. The van der Waals surface area contributed by atoms with Crippen LogP contribution in [-0.2, 0) is 6.54 Å². The van der Waals surface area contributed by atoms with Crippen molar-refractivity contribution in [2.45, 2.75) is 46.2 Å². The average molecular weight is 416 g/mol. The molecule has 1 atom stereocenters. The lowest BCUT2D eigenvalue weighted by molar-refractivity contribution is 0.0900. The summed E-state index contributed by atoms with van der Waals surface area (Å²) < 4.78 is 6.11. The van der Waals surface area contributed by atoms with Crippen molar-refractivity contribution >= 4 is 5.96 Å². The van der Waals surface area contributed by atoms with Gasteiger partial charge in [0.05, 0.1) is 6.61 Å². The number of benzene rings is 1. The van der Waals surface area contributed by atoms with Gasteiger partial charge in [0.15, 0.2) is 5.96 Å². The van der Waals surface area contributed by atoms with Crippen LogP contribution in [0.2, 0.25) is 0 Å². The number of ether oxygens (including phenoxy) is 1. The Hall–Kier alpha value is -1.79. The van der Waals surface area contributed by atoms with Crippen LogP contribution in [0.25, 0.3) is 0 Å². The number of aliphatic imine (C=N–C) groups is 1. The van der Waals surface area contributed by atoms with Gasteiger partial charge in [-0.3, -0.25) is 9.89 Å². The number of nitrogens with one attached hydrogen (secondary N) is 2. The quantitative estimate of drug-likeness (QED) is 0.480. The van der Waals surface area contributed by atoms with E-state index in [0.717, 1.165) is 57.0 Å². The van der Waals surface area contributed by atoms with Gasteiger partial charge in [0.25, 0.3) is 0 Å². The molecule has 1 unspecified atom stereocenters. The third-order valence-corrected chi connectivity index (χ3v) is 6.32. The minimum atomic E-state index is 0.508. The van der Waals surface area contributed by atoms with E-state index in [4.69, 9.17) is 4.74 Å². The summed E-state index contributed by atoms with van der Waals surface area (Å²) in [4.78, 5) is 9.48. The third kappa shape index (κ3) is 6.88. The summed E-state index contributed by atoms with van der Waals surface area (Å²) in [5.74, 6) is 3.20. The van der Waals surface area contributed by atoms with Gasteiger partial charge in [0, 0.05) is 57.9 Å². The first-order valence-corrected chi connectivity index (χ1v) is 11.6. The normalized spacial score (nSPS) is 19.7. The number of nitrogens with zero attached hydrogens (tertiary/aromatic N) is 3. The number of likely N-dealkylation sites (N-methyl/N-ethyl adjacent to an activating group) is 1. The van der Waals surface area contributed by atoms with Crippen molar-refractivity contribution in [3.63, 3.8) is 0 Å². The molecule has 0 amide bonds. The van der Waals surface area contributed by atoms with E-state index < -0.39 is 0 Å². The maximum atomic E-state index is 6.11. The second kappa shape index (κ2) is 11.0. The highest BCUT2D eigenvalue weighted by Crippen LogP contribution is 2.30. The second-order valence-corrected chi connectivity index (χ2v) is 9.32. The highest BCUT2D eigenvalue weighted by Gasteiger charge is 2.25.